The molecule has 2 saturated heterocycles. The molecule has 148 valence electrons. The maximum atomic E-state index is 13.4. The summed E-state index contributed by atoms with van der Waals surface area (Å²) in [6.45, 7) is 4.46. The minimum atomic E-state index is -0.521. The predicted molar refractivity (Wildman–Crippen MR) is 107 cm³/mol. The van der Waals surface area contributed by atoms with Crippen LogP contribution in [0.2, 0.25) is 0 Å². The Balaban J connectivity index is 1.63. The first-order chi connectivity index (χ1) is 14.1. The Hall–Kier alpha value is -2.73. The average molecular weight is 392 g/mol. The molecule has 2 aliphatic rings. The molecule has 0 aliphatic carbocycles. The molecular formula is C23H22F2N4. The third-order valence-corrected chi connectivity index (χ3v) is 6.17. The van der Waals surface area contributed by atoms with Crippen LogP contribution in [-0.4, -0.2) is 39.0 Å². The van der Waals surface area contributed by atoms with E-state index in [0.717, 1.165) is 42.2 Å². The molecule has 0 N–H and O–H groups in total. The first kappa shape index (κ1) is 18.3. The van der Waals surface area contributed by atoms with E-state index in [1.165, 1.54) is 30.8 Å². The Bertz CT molecular complexity index is 956. The second-order valence-corrected chi connectivity index (χ2v) is 8.08. The summed E-state index contributed by atoms with van der Waals surface area (Å²) in [6, 6.07) is 11.7. The zero-order valence-electron chi connectivity index (χ0n) is 16.2. The summed E-state index contributed by atoms with van der Waals surface area (Å²) in [5.74, 6) is 0.728. The Morgan fingerprint density at radius 3 is 2.41 bits per heavy atom. The monoisotopic (exact) mass is 392 g/mol. The van der Waals surface area contributed by atoms with E-state index < -0.39 is 5.95 Å². The van der Waals surface area contributed by atoms with Gasteiger partial charge in [-0.2, -0.15) is 4.39 Å². The van der Waals surface area contributed by atoms with E-state index in [2.05, 4.69) is 16.8 Å². The lowest BCUT2D eigenvalue weighted by Crippen LogP contribution is -2.26. The fourth-order valence-corrected chi connectivity index (χ4v) is 4.83. The van der Waals surface area contributed by atoms with Crippen molar-refractivity contribution in [1.29, 1.82) is 0 Å². The fraction of sp³-hybridized carbons (Fsp3) is 0.348. The summed E-state index contributed by atoms with van der Waals surface area (Å²) in [6.07, 6.45) is 3.86. The Kier molecular flexibility index (Phi) is 4.59. The Morgan fingerprint density at radius 1 is 0.966 bits per heavy atom. The molecule has 6 heteroatoms. The van der Waals surface area contributed by atoms with Gasteiger partial charge in [0.2, 0.25) is 5.95 Å². The van der Waals surface area contributed by atoms with Crippen molar-refractivity contribution in [3.8, 4) is 22.5 Å². The van der Waals surface area contributed by atoms with Crippen LogP contribution in [0.1, 0.15) is 31.5 Å². The molecular weight excluding hydrogens is 370 g/mol. The lowest BCUT2D eigenvalue weighted by atomic mass is 9.89. The normalized spacial score (nSPS) is 24.0. The molecule has 0 bridgehead atoms. The zero-order valence-corrected chi connectivity index (χ0v) is 16.2. The first-order valence-corrected chi connectivity index (χ1v) is 10.1. The number of benzene rings is 1. The molecule has 2 fully saturated rings. The lowest BCUT2D eigenvalue weighted by molar-refractivity contribution is 0.310. The molecule has 4 heterocycles. The van der Waals surface area contributed by atoms with Crippen LogP contribution in [0.4, 0.5) is 8.78 Å². The van der Waals surface area contributed by atoms with Crippen LogP contribution in [0.15, 0.2) is 48.7 Å². The summed E-state index contributed by atoms with van der Waals surface area (Å²) in [7, 11) is 0. The van der Waals surface area contributed by atoms with Crippen LogP contribution in [-0.2, 0) is 0 Å². The van der Waals surface area contributed by atoms with E-state index in [9.17, 15) is 8.78 Å². The standard InChI is InChI=1S/C23H22F2N4/c1-14-13-29-10-2-3-20(29)22(14)23-27-18(15-4-7-17(24)8-5-15)11-19(28-23)16-6-9-21(25)26-12-16/h4-9,11-12,14,20,22H,2-3,10,13H2,1H3. The summed E-state index contributed by atoms with van der Waals surface area (Å²) in [5, 5.41) is 0. The van der Waals surface area contributed by atoms with Gasteiger partial charge in [-0.05, 0) is 67.8 Å². The van der Waals surface area contributed by atoms with E-state index in [1.807, 2.05) is 6.07 Å². The molecule has 0 amide bonds. The van der Waals surface area contributed by atoms with Gasteiger partial charge in [0.05, 0.1) is 11.4 Å². The summed E-state index contributed by atoms with van der Waals surface area (Å²) in [4.78, 5) is 16.1. The molecule has 2 aromatic heterocycles. The van der Waals surface area contributed by atoms with Crippen molar-refractivity contribution in [3.05, 3.63) is 66.3 Å². The fourth-order valence-electron chi connectivity index (χ4n) is 4.83. The van der Waals surface area contributed by atoms with Crippen molar-refractivity contribution < 1.29 is 8.78 Å². The van der Waals surface area contributed by atoms with Crippen LogP contribution in [0.5, 0.6) is 0 Å². The number of pyridine rings is 1. The lowest BCUT2D eigenvalue weighted by Gasteiger charge is -2.22. The Labute approximate surface area is 168 Å². The second-order valence-electron chi connectivity index (χ2n) is 8.08. The SMILES string of the molecule is CC1CN2CCCC2C1c1nc(-c2ccc(F)cc2)cc(-c2ccc(F)nc2)n1. The summed E-state index contributed by atoms with van der Waals surface area (Å²) < 4.78 is 26.7. The van der Waals surface area contributed by atoms with Crippen LogP contribution in [0.25, 0.3) is 22.5 Å². The molecule has 3 unspecified atom stereocenters. The molecule has 0 radical (unpaired) electrons. The van der Waals surface area contributed by atoms with Crippen molar-refractivity contribution >= 4 is 0 Å². The van der Waals surface area contributed by atoms with Gasteiger partial charge in [-0.25, -0.2) is 19.3 Å². The van der Waals surface area contributed by atoms with Gasteiger partial charge in [-0.15, -0.1) is 0 Å². The highest BCUT2D eigenvalue weighted by Crippen LogP contribution is 2.42. The van der Waals surface area contributed by atoms with Crippen molar-refractivity contribution in [3.63, 3.8) is 0 Å². The van der Waals surface area contributed by atoms with Gasteiger partial charge >= 0.3 is 0 Å². The maximum absolute atomic E-state index is 13.4. The van der Waals surface area contributed by atoms with Gasteiger partial charge in [-0.3, -0.25) is 4.90 Å². The molecule has 29 heavy (non-hydrogen) atoms. The van der Waals surface area contributed by atoms with Gasteiger partial charge in [0.15, 0.2) is 0 Å². The number of nitrogens with zero attached hydrogens (tertiary/aromatic N) is 4. The van der Waals surface area contributed by atoms with E-state index in [0.29, 0.717) is 17.7 Å². The number of aromatic nitrogens is 3. The molecule has 0 saturated carbocycles. The van der Waals surface area contributed by atoms with Crippen molar-refractivity contribution in [1.82, 2.24) is 19.9 Å². The Morgan fingerprint density at radius 2 is 1.69 bits per heavy atom. The second kappa shape index (κ2) is 7.26. The van der Waals surface area contributed by atoms with Gasteiger partial charge in [-0.1, -0.05) is 6.92 Å². The molecule has 3 aromatic rings. The third kappa shape index (κ3) is 3.42. The van der Waals surface area contributed by atoms with Crippen molar-refractivity contribution in [2.75, 3.05) is 13.1 Å². The molecule has 3 atom stereocenters. The van der Waals surface area contributed by atoms with Crippen molar-refractivity contribution in [2.45, 2.75) is 31.7 Å². The van der Waals surface area contributed by atoms with Gasteiger partial charge in [0.1, 0.15) is 11.6 Å². The van der Waals surface area contributed by atoms with Crippen LogP contribution in [0.3, 0.4) is 0 Å². The largest absolute Gasteiger partial charge is 0.299 e. The van der Waals surface area contributed by atoms with Crippen LogP contribution >= 0.6 is 0 Å². The van der Waals surface area contributed by atoms with Crippen LogP contribution < -0.4 is 0 Å². The predicted octanol–water partition coefficient (Wildman–Crippen LogP) is 4.68. The quantitative estimate of drug-likeness (QED) is 0.607. The smallest absolute Gasteiger partial charge is 0.212 e. The molecule has 5 rings (SSSR count). The van der Waals surface area contributed by atoms with E-state index in [-0.39, 0.29) is 11.7 Å². The highest BCUT2D eigenvalue weighted by Gasteiger charge is 2.44. The third-order valence-electron chi connectivity index (χ3n) is 6.17. The maximum Gasteiger partial charge on any atom is 0.212 e. The van der Waals surface area contributed by atoms with Crippen LogP contribution in [0, 0.1) is 17.7 Å². The highest BCUT2D eigenvalue weighted by molar-refractivity contribution is 5.67. The minimum Gasteiger partial charge on any atom is -0.299 e. The van der Waals surface area contributed by atoms with E-state index in [1.54, 1.807) is 18.2 Å². The number of rotatable bonds is 3. The number of hydrogen-bond donors (Lipinski definition) is 0. The number of halogens is 2. The van der Waals surface area contributed by atoms with Gasteiger partial charge in [0.25, 0.3) is 0 Å². The topological polar surface area (TPSA) is 41.9 Å². The molecule has 2 aliphatic heterocycles. The molecule has 1 aromatic carbocycles. The van der Waals surface area contributed by atoms with Gasteiger partial charge in [0, 0.05) is 35.8 Å². The number of hydrogen-bond acceptors (Lipinski definition) is 4. The molecule has 0 spiro atoms. The summed E-state index contributed by atoms with van der Waals surface area (Å²) in [5.41, 5.74) is 3.04. The van der Waals surface area contributed by atoms with Gasteiger partial charge < -0.3 is 0 Å². The zero-order chi connectivity index (χ0) is 20.0. The average Bonchev–Trinajstić information content (AvgIpc) is 3.28. The van der Waals surface area contributed by atoms with Crippen molar-refractivity contribution in [2.24, 2.45) is 5.92 Å². The minimum absolute atomic E-state index is 0.255. The summed E-state index contributed by atoms with van der Waals surface area (Å²) >= 11 is 0. The van der Waals surface area contributed by atoms with E-state index >= 15 is 0 Å². The number of fused-ring (bicyclic) bond motifs is 1. The first-order valence-electron chi connectivity index (χ1n) is 10.1. The highest BCUT2D eigenvalue weighted by atomic mass is 19.1. The van der Waals surface area contributed by atoms with E-state index in [4.69, 9.17) is 9.97 Å². The molecule has 4 nitrogen and oxygen atoms in total.